The van der Waals surface area contributed by atoms with Gasteiger partial charge < -0.3 is 10.2 Å². The van der Waals surface area contributed by atoms with Crippen molar-refractivity contribution in [3.8, 4) is 0 Å². The van der Waals surface area contributed by atoms with E-state index in [1.54, 1.807) is 6.08 Å². The Morgan fingerprint density at radius 1 is 1.00 bits per heavy atom. The largest absolute Gasteiger partial charge is 0.478 e. The summed E-state index contributed by atoms with van der Waals surface area (Å²) in [4.78, 5) is 10.2. The molecule has 0 aromatic carbocycles. The third-order valence-corrected chi connectivity index (χ3v) is 3.31. The van der Waals surface area contributed by atoms with Crippen molar-refractivity contribution in [3.63, 3.8) is 0 Å². The van der Waals surface area contributed by atoms with Gasteiger partial charge in [0.05, 0.1) is 6.10 Å². The van der Waals surface area contributed by atoms with Gasteiger partial charge in [0.15, 0.2) is 0 Å². The first kappa shape index (κ1) is 18.2. The smallest absolute Gasteiger partial charge is 0.327 e. The standard InChI is InChI=1S/C16H30O3/c1-2-3-9-12-15(17)13-10-7-5-4-6-8-11-14-16(18)19/h11,14-15,17H,2-10,12-13H2,1H3,(H,18,19). The molecule has 0 rings (SSSR count). The van der Waals surface area contributed by atoms with Crippen LogP contribution in [0, 0.1) is 0 Å². The van der Waals surface area contributed by atoms with E-state index in [4.69, 9.17) is 5.11 Å². The molecule has 112 valence electrons. The lowest BCUT2D eigenvalue weighted by Crippen LogP contribution is -2.05. The minimum Gasteiger partial charge on any atom is -0.478 e. The molecule has 0 spiro atoms. The van der Waals surface area contributed by atoms with Gasteiger partial charge in [0.1, 0.15) is 0 Å². The summed E-state index contributed by atoms with van der Waals surface area (Å²) in [6, 6.07) is 0. The van der Waals surface area contributed by atoms with Crippen molar-refractivity contribution in [2.75, 3.05) is 0 Å². The molecule has 1 unspecified atom stereocenters. The fourth-order valence-corrected chi connectivity index (χ4v) is 2.13. The van der Waals surface area contributed by atoms with Gasteiger partial charge >= 0.3 is 5.97 Å². The predicted octanol–water partition coefficient (Wildman–Crippen LogP) is 4.30. The zero-order chi connectivity index (χ0) is 14.3. The van der Waals surface area contributed by atoms with Gasteiger partial charge in [0.2, 0.25) is 0 Å². The Bertz CT molecular complexity index is 236. The fraction of sp³-hybridized carbons (Fsp3) is 0.812. The normalized spacial score (nSPS) is 12.9. The summed E-state index contributed by atoms with van der Waals surface area (Å²) in [7, 11) is 0. The Kier molecular flexibility index (Phi) is 13.0. The van der Waals surface area contributed by atoms with Crippen molar-refractivity contribution < 1.29 is 15.0 Å². The maximum atomic E-state index is 10.2. The highest BCUT2D eigenvalue weighted by Crippen LogP contribution is 2.12. The molecule has 0 aliphatic heterocycles. The Morgan fingerprint density at radius 3 is 2.21 bits per heavy atom. The van der Waals surface area contributed by atoms with Crippen molar-refractivity contribution in [3.05, 3.63) is 12.2 Å². The van der Waals surface area contributed by atoms with E-state index in [0.29, 0.717) is 0 Å². The van der Waals surface area contributed by atoms with Crippen LogP contribution in [-0.4, -0.2) is 22.3 Å². The first-order chi connectivity index (χ1) is 9.16. The van der Waals surface area contributed by atoms with E-state index in [1.807, 2.05) is 0 Å². The van der Waals surface area contributed by atoms with Crippen molar-refractivity contribution in [1.82, 2.24) is 0 Å². The van der Waals surface area contributed by atoms with Gasteiger partial charge in [0.25, 0.3) is 0 Å². The zero-order valence-corrected chi connectivity index (χ0v) is 12.3. The number of carboxylic acid groups (broad SMARTS) is 1. The maximum absolute atomic E-state index is 10.2. The highest BCUT2D eigenvalue weighted by Gasteiger charge is 2.02. The van der Waals surface area contributed by atoms with Crippen molar-refractivity contribution in [1.29, 1.82) is 0 Å². The summed E-state index contributed by atoms with van der Waals surface area (Å²) in [5, 5.41) is 18.1. The van der Waals surface area contributed by atoms with Gasteiger partial charge in [-0.2, -0.15) is 0 Å². The topological polar surface area (TPSA) is 57.5 Å². The summed E-state index contributed by atoms with van der Waals surface area (Å²) in [6.45, 7) is 2.18. The SMILES string of the molecule is CCCCCC(O)CCCCCCCC=CC(=O)O. The highest BCUT2D eigenvalue weighted by molar-refractivity contribution is 5.79. The molecule has 0 heterocycles. The second-order valence-electron chi connectivity index (χ2n) is 5.24. The van der Waals surface area contributed by atoms with E-state index in [1.165, 1.54) is 31.8 Å². The average Bonchev–Trinajstić information content (AvgIpc) is 2.36. The van der Waals surface area contributed by atoms with E-state index in [0.717, 1.165) is 44.9 Å². The Labute approximate surface area is 117 Å². The second kappa shape index (κ2) is 13.6. The molecule has 0 saturated heterocycles. The van der Waals surface area contributed by atoms with Crippen LogP contribution in [0.2, 0.25) is 0 Å². The van der Waals surface area contributed by atoms with Crippen molar-refractivity contribution in [2.24, 2.45) is 0 Å². The number of aliphatic hydroxyl groups is 1. The summed E-state index contributed by atoms with van der Waals surface area (Å²) in [6.07, 6.45) is 14.8. The number of hydrogen-bond acceptors (Lipinski definition) is 2. The molecule has 1 atom stereocenters. The molecule has 2 N–H and O–H groups in total. The Morgan fingerprint density at radius 2 is 1.58 bits per heavy atom. The molecule has 0 amide bonds. The molecule has 0 fully saturated rings. The predicted molar refractivity (Wildman–Crippen MR) is 79.2 cm³/mol. The van der Waals surface area contributed by atoms with E-state index in [9.17, 15) is 9.90 Å². The quantitative estimate of drug-likeness (QED) is 0.387. The van der Waals surface area contributed by atoms with Crippen molar-refractivity contribution >= 4 is 5.97 Å². The fourth-order valence-electron chi connectivity index (χ4n) is 2.13. The third-order valence-electron chi connectivity index (χ3n) is 3.31. The van der Waals surface area contributed by atoms with E-state index in [2.05, 4.69) is 6.92 Å². The van der Waals surface area contributed by atoms with Crippen LogP contribution in [-0.2, 0) is 4.79 Å². The monoisotopic (exact) mass is 270 g/mol. The number of carbonyl (C=O) groups is 1. The summed E-state index contributed by atoms with van der Waals surface area (Å²) in [5.74, 6) is -0.864. The van der Waals surface area contributed by atoms with Gasteiger partial charge in [-0.3, -0.25) is 0 Å². The number of unbranched alkanes of at least 4 members (excludes halogenated alkanes) is 7. The van der Waals surface area contributed by atoms with Crippen molar-refractivity contribution in [2.45, 2.75) is 83.7 Å². The first-order valence-electron chi connectivity index (χ1n) is 7.74. The van der Waals surface area contributed by atoms with Crippen LogP contribution in [0.5, 0.6) is 0 Å². The molecule has 0 aliphatic rings. The lowest BCUT2D eigenvalue weighted by Gasteiger charge is -2.09. The number of hydrogen-bond donors (Lipinski definition) is 2. The number of carboxylic acids is 1. The molecule has 0 aromatic heterocycles. The van der Waals surface area contributed by atoms with E-state index >= 15 is 0 Å². The molecule has 0 aromatic rings. The summed E-state index contributed by atoms with van der Waals surface area (Å²) in [5.41, 5.74) is 0. The van der Waals surface area contributed by atoms with Crippen LogP contribution in [0.25, 0.3) is 0 Å². The van der Waals surface area contributed by atoms with Gasteiger partial charge in [0, 0.05) is 6.08 Å². The molecule has 3 heteroatoms. The zero-order valence-electron chi connectivity index (χ0n) is 12.3. The van der Waals surface area contributed by atoms with E-state index in [-0.39, 0.29) is 6.10 Å². The number of allylic oxidation sites excluding steroid dienone is 1. The van der Waals surface area contributed by atoms with Crippen LogP contribution >= 0.6 is 0 Å². The molecule has 0 radical (unpaired) electrons. The number of rotatable bonds is 13. The van der Waals surface area contributed by atoms with Crippen LogP contribution in [0.15, 0.2) is 12.2 Å². The minimum atomic E-state index is -0.864. The average molecular weight is 270 g/mol. The van der Waals surface area contributed by atoms with Crippen LogP contribution in [0.3, 0.4) is 0 Å². The molecule has 0 aliphatic carbocycles. The van der Waals surface area contributed by atoms with Gasteiger partial charge in [-0.15, -0.1) is 0 Å². The third kappa shape index (κ3) is 15.1. The van der Waals surface area contributed by atoms with Gasteiger partial charge in [-0.05, 0) is 25.7 Å². The Hall–Kier alpha value is -0.830. The molecular weight excluding hydrogens is 240 g/mol. The summed E-state index contributed by atoms with van der Waals surface area (Å²) < 4.78 is 0. The van der Waals surface area contributed by atoms with Gasteiger partial charge in [-0.1, -0.05) is 57.9 Å². The number of aliphatic carboxylic acids is 1. The van der Waals surface area contributed by atoms with Crippen LogP contribution in [0.4, 0.5) is 0 Å². The molecule has 0 saturated carbocycles. The van der Waals surface area contributed by atoms with Crippen LogP contribution < -0.4 is 0 Å². The Balaban J connectivity index is 3.19. The lowest BCUT2D eigenvalue weighted by molar-refractivity contribution is -0.131. The van der Waals surface area contributed by atoms with Gasteiger partial charge in [-0.25, -0.2) is 4.79 Å². The lowest BCUT2D eigenvalue weighted by atomic mass is 10.0. The number of aliphatic hydroxyl groups excluding tert-OH is 1. The van der Waals surface area contributed by atoms with Crippen LogP contribution in [0.1, 0.15) is 77.6 Å². The minimum absolute atomic E-state index is 0.106. The first-order valence-corrected chi connectivity index (χ1v) is 7.74. The molecule has 3 nitrogen and oxygen atoms in total. The second-order valence-corrected chi connectivity index (χ2v) is 5.24. The maximum Gasteiger partial charge on any atom is 0.327 e. The summed E-state index contributed by atoms with van der Waals surface area (Å²) >= 11 is 0. The molecule has 0 bridgehead atoms. The van der Waals surface area contributed by atoms with E-state index < -0.39 is 5.97 Å². The molecule has 19 heavy (non-hydrogen) atoms. The highest BCUT2D eigenvalue weighted by atomic mass is 16.4. The molecular formula is C16H30O3.